The largest absolute Gasteiger partial charge is 0.477 e. The highest BCUT2D eigenvalue weighted by atomic mass is 19.1. The first kappa shape index (κ1) is 13.8. The summed E-state index contributed by atoms with van der Waals surface area (Å²) < 4.78 is 14.6. The van der Waals surface area contributed by atoms with Crippen molar-refractivity contribution in [2.24, 2.45) is 0 Å². The fourth-order valence-electron chi connectivity index (χ4n) is 2.46. The number of nitrogens with zero attached hydrogens (tertiary/aromatic N) is 2. The minimum atomic E-state index is -1.04. The highest BCUT2D eigenvalue weighted by molar-refractivity contribution is 5.95. The topological polar surface area (TPSA) is 66.0 Å². The summed E-state index contributed by atoms with van der Waals surface area (Å²) in [6, 6.07) is 14.5. The lowest BCUT2D eigenvalue weighted by molar-refractivity contribution is 0.0686. The van der Waals surface area contributed by atoms with Gasteiger partial charge in [-0.1, -0.05) is 12.1 Å². The Hall–Kier alpha value is -3.13. The van der Waals surface area contributed by atoms with Gasteiger partial charge in [-0.2, -0.15) is 5.26 Å². The van der Waals surface area contributed by atoms with Crippen molar-refractivity contribution in [3.63, 3.8) is 0 Å². The van der Waals surface area contributed by atoms with Gasteiger partial charge in [0.15, 0.2) is 0 Å². The van der Waals surface area contributed by atoms with Crippen molar-refractivity contribution in [1.82, 2.24) is 4.57 Å². The molecule has 1 N–H and O–H groups in total. The van der Waals surface area contributed by atoms with Crippen molar-refractivity contribution >= 4 is 16.9 Å². The second-order valence-corrected chi connectivity index (χ2v) is 4.93. The molecule has 5 heteroatoms. The van der Waals surface area contributed by atoms with E-state index in [-0.39, 0.29) is 11.5 Å². The maximum atomic E-state index is 13.0. The molecule has 2 aromatic carbocycles. The van der Waals surface area contributed by atoms with Crippen LogP contribution in [0.3, 0.4) is 0 Å². The molecule has 108 valence electrons. The van der Waals surface area contributed by atoms with Crippen LogP contribution in [0.25, 0.3) is 10.9 Å². The van der Waals surface area contributed by atoms with Crippen molar-refractivity contribution in [3.8, 4) is 6.07 Å². The molecule has 3 rings (SSSR count). The lowest BCUT2D eigenvalue weighted by atomic mass is 10.1. The van der Waals surface area contributed by atoms with E-state index in [0.717, 1.165) is 11.1 Å². The van der Waals surface area contributed by atoms with Crippen molar-refractivity contribution in [1.29, 1.82) is 5.26 Å². The Kier molecular flexibility index (Phi) is 3.36. The second-order valence-electron chi connectivity index (χ2n) is 4.93. The summed E-state index contributed by atoms with van der Waals surface area (Å²) in [7, 11) is 0. The van der Waals surface area contributed by atoms with Crippen LogP contribution in [0.15, 0.2) is 48.5 Å². The molecule has 1 heterocycles. The number of hydrogen-bond donors (Lipinski definition) is 1. The molecule has 0 fully saturated rings. The number of halogens is 1. The number of aromatic carboxylic acids is 1. The number of fused-ring (bicyclic) bond motifs is 1. The normalized spacial score (nSPS) is 10.5. The zero-order valence-electron chi connectivity index (χ0n) is 11.5. The van der Waals surface area contributed by atoms with Crippen LogP contribution >= 0.6 is 0 Å². The molecule has 0 saturated heterocycles. The van der Waals surface area contributed by atoms with Crippen LogP contribution in [0.2, 0.25) is 0 Å². The Bertz CT molecular complexity index is 905. The summed E-state index contributed by atoms with van der Waals surface area (Å²) in [5.41, 5.74) is 2.13. The summed E-state index contributed by atoms with van der Waals surface area (Å²) in [6.07, 6.45) is 0. The molecule has 0 atom stereocenters. The first-order valence-electron chi connectivity index (χ1n) is 6.59. The Morgan fingerprint density at radius 1 is 1.18 bits per heavy atom. The molecule has 0 spiro atoms. The van der Waals surface area contributed by atoms with Crippen LogP contribution in [0, 0.1) is 17.1 Å². The predicted molar refractivity (Wildman–Crippen MR) is 79.1 cm³/mol. The fraction of sp³-hybridized carbons (Fsp3) is 0.0588. The molecule has 3 aromatic rings. The van der Waals surface area contributed by atoms with Gasteiger partial charge in [0.05, 0.1) is 11.6 Å². The summed E-state index contributed by atoms with van der Waals surface area (Å²) in [5, 5.41) is 19.0. The zero-order chi connectivity index (χ0) is 15.7. The fourth-order valence-corrected chi connectivity index (χ4v) is 2.46. The number of hydrogen-bond acceptors (Lipinski definition) is 2. The number of nitriles is 1. The number of rotatable bonds is 3. The van der Waals surface area contributed by atoms with Crippen molar-refractivity contribution < 1.29 is 14.3 Å². The number of carbonyl (C=O) groups is 1. The molecule has 0 radical (unpaired) electrons. The maximum Gasteiger partial charge on any atom is 0.352 e. The third-order valence-corrected chi connectivity index (χ3v) is 3.50. The van der Waals surface area contributed by atoms with Gasteiger partial charge in [-0.05, 0) is 42.0 Å². The van der Waals surface area contributed by atoms with E-state index in [2.05, 4.69) is 0 Å². The van der Waals surface area contributed by atoms with E-state index in [0.29, 0.717) is 17.5 Å². The quantitative estimate of drug-likeness (QED) is 0.805. The van der Waals surface area contributed by atoms with Gasteiger partial charge in [0.1, 0.15) is 11.5 Å². The molecular weight excluding hydrogens is 283 g/mol. The summed E-state index contributed by atoms with van der Waals surface area (Å²) >= 11 is 0. The van der Waals surface area contributed by atoms with E-state index >= 15 is 0 Å². The first-order chi connectivity index (χ1) is 10.6. The van der Waals surface area contributed by atoms with Crippen LogP contribution in [0.4, 0.5) is 4.39 Å². The molecule has 4 nitrogen and oxygen atoms in total. The van der Waals surface area contributed by atoms with Crippen molar-refractivity contribution in [2.75, 3.05) is 0 Å². The zero-order valence-corrected chi connectivity index (χ0v) is 11.5. The Balaban J connectivity index is 2.14. The molecule has 0 aliphatic heterocycles. The van der Waals surface area contributed by atoms with E-state index < -0.39 is 5.97 Å². The minimum Gasteiger partial charge on any atom is -0.477 e. The predicted octanol–water partition coefficient (Wildman–Crippen LogP) is 3.40. The minimum absolute atomic E-state index is 0.134. The van der Waals surface area contributed by atoms with Crippen LogP contribution < -0.4 is 0 Å². The van der Waals surface area contributed by atoms with Crippen LogP contribution in [-0.2, 0) is 6.54 Å². The smallest absolute Gasteiger partial charge is 0.352 e. The number of carboxylic acids is 1. The third-order valence-electron chi connectivity index (χ3n) is 3.50. The molecule has 22 heavy (non-hydrogen) atoms. The lowest BCUT2D eigenvalue weighted by Crippen LogP contribution is -2.09. The van der Waals surface area contributed by atoms with Gasteiger partial charge >= 0.3 is 5.97 Å². The molecular formula is C17H11FN2O2. The van der Waals surface area contributed by atoms with E-state index in [1.54, 1.807) is 41.0 Å². The second kappa shape index (κ2) is 5.34. The standard InChI is InChI=1S/C17H11FN2O2/c18-14-4-1-11(2-5-14)10-20-15-6-3-12(9-19)7-13(15)8-16(20)17(21)22/h1-8H,10H2,(H,21,22). The highest BCUT2D eigenvalue weighted by Crippen LogP contribution is 2.23. The molecule has 0 aliphatic carbocycles. The van der Waals surface area contributed by atoms with E-state index in [1.165, 1.54) is 12.1 Å². The first-order valence-corrected chi connectivity index (χ1v) is 6.59. The van der Waals surface area contributed by atoms with Gasteiger partial charge in [-0.3, -0.25) is 0 Å². The summed E-state index contributed by atoms with van der Waals surface area (Å²) in [5.74, 6) is -1.38. The highest BCUT2D eigenvalue weighted by Gasteiger charge is 2.15. The van der Waals surface area contributed by atoms with Gasteiger partial charge in [-0.15, -0.1) is 0 Å². The van der Waals surface area contributed by atoms with Gasteiger partial charge < -0.3 is 9.67 Å². The SMILES string of the molecule is N#Cc1ccc2c(c1)cc(C(=O)O)n2Cc1ccc(F)cc1. The van der Waals surface area contributed by atoms with Crippen LogP contribution in [-0.4, -0.2) is 15.6 Å². The molecule has 0 aliphatic rings. The molecule has 0 bridgehead atoms. The summed E-state index contributed by atoms with van der Waals surface area (Å²) in [4.78, 5) is 11.4. The third kappa shape index (κ3) is 2.42. The lowest BCUT2D eigenvalue weighted by Gasteiger charge is -2.08. The van der Waals surface area contributed by atoms with Gasteiger partial charge in [-0.25, -0.2) is 9.18 Å². The molecule has 1 aromatic heterocycles. The maximum absolute atomic E-state index is 13.0. The Morgan fingerprint density at radius 3 is 2.55 bits per heavy atom. The summed E-state index contributed by atoms with van der Waals surface area (Å²) in [6.45, 7) is 0.317. The van der Waals surface area contributed by atoms with E-state index in [1.807, 2.05) is 6.07 Å². The van der Waals surface area contributed by atoms with Crippen molar-refractivity contribution in [2.45, 2.75) is 6.54 Å². The number of carboxylic acid groups (broad SMARTS) is 1. The van der Waals surface area contributed by atoms with Crippen LogP contribution in [0.5, 0.6) is 0 Å². The Morgan fingerprint density at radius 2 is 1.91 bits per heavy atom. The van der Waals surface area contributed by atoms with E-state index in [9.17, 15) is 14.3 Å². The van der Waals surface area contributed by atoms with Gasteiger partial charge in [0.2, 0.25) is 0 Å². The average molecular weight is 294 g/mol. The van der Waals surface area contributed by atoms with Crippen molar-refractivity contribution in [3.05, 3.63) is 71.2 Å². The average Bonchev–Trinajstić information content (AvgIpc) is 2.87. The molecule has 0 unspecified atom stereocenters. The van der Waals surface area contributed by atoms with Gasteiger partial charge in [0.25, 0.3) is 0 Å². The Labute approximate surface area is 125 Å². The number of benzene rings is 2. The number of aromatic nitrogens is 1. The monoisotopic (exact) mass is 294 g/mol. The van der Waals surface area contributed by atoms with Gasteiger partial charge in [0, 0.05) is 17.4 Å². The molecule has 0 amide bonds. The van der Waals surface area contributed by atoms with Crippen LogP contribution in [0.1, 0.15) is 21.6 Å². The molecule has 0 saturated carbocycles. The van der Waals surface area contributed by atoms with E-state index in [4.69, 9.17) is 5.26 Å².